The Balaban J connectivity index is 2.34. The van der Waals surface area contributed by atoms with Crippen molar-refractivity contribution in [1.29, 1.82) is 0 Å². The summed E-state index contributed by atoms with van der Waals surface area (Å²) < 4.78 is 9.95. The van der Waals surface area contributed by atoms with Gasteiger partial charge in [-0.25, -0.2) is 4.98 Å². The molecule has 1 amide bonds. The summed E-state index contributed by atoms with van der Waals surface area (Å²) in [6.07, 6.45) is 2.47. The summed E-state index contributed by atoms with van der Waals surface area (Å²) in [4.78, 5) is 15.0. The molecular formula is C9H14N2O3. The first-order valence-electron chi connectivity index (χ1n) is 4.45. The minimum absolute atomic E-state index is 0.0569. The normalized spacial score (nSPS) is 10.1. The van der Waals surface area contributed by atoms with Crippen LogP contribution < -0.4 is 5.32 Å². The highest BCUT2D eigenvalue weighted by Crippen LogP contribution is 2.03. The van der Waals surface area contributed by atoms with Gasteiger partial charge < -0.3 is 14.5 Å². The molecule has 0 atom stereocenters. The third-order valence-corrected chi connectivity index (χ3v) is 1.66. The smallest absolute Gasteiger partial charge is 0.246 e. The second-order valence-electron chi connectivity index (χ2n) is 2.78. The van der Waals surface area contributed by atoms with Crippen LogP contribution in [0.25, 0.3) is 0 Å². The van der Waals surface area contributed by atoms with Crippen molar-refractivity contribution in [2.24, 2.45) is 0 Å². The van der Waals surface area contributed by atoms with Crippen molar-refractivity contribution >= 4 is 5.91 Å². The number of methoxy groups -OCH3 is 1. The topological polar surface area (TPSA) is 64.4 Å². The predicted molar refractivity (Wildman–Crippen MR) is 49.6 cm³/mol. The van der Waals surface area contributed by atoms with E-state index in [4.69, 9.17) is 4.42 Å². The Bertz CT molecular complexity index is 296. The number of nitrogens with one attached hydrogen (secondary N) is 1. The maximum atomic E-state index is 11.0. The van der Waals surface area contributed by atoms with Crippen LogP contribution >= 0.6 is 0 Å². The zero-order valence-electron chi connectivity index (χ0n) is 8.37. The monoisotopic (exact) mass is 198 g/mol. The average molecular weight is 198 g/mol. The number of ether oxygens (including phenoxy) is 1. The van der Waals surface area contributed by atoms with Gasteiger partial charge in [-0.15, -0.1) is 0 Å². The molecule has 0 saturated heterocycles. The van der Waals surface area contributed by atoms with Crippen molar-refractivity contribution < 1.29 is 13.9 Å². The molecule has 1 aromatic heterocycles. The van der Waals surface area contributed by atoms with E-state index in [1.54, 1.807) is 6.20 Å². The second kappa shape index (κ2) is 5.39. The summed E-state index contributed by atoms with van der Waals surface area (Å²) in [5.74, 6) is 1.16. The Labute approximate surface area is 82.5 Å². The summed E-state index contributed by atoms with van der Waals surface area (Å²) in [5.41, 5.74) is 0. The van der Waals surface area contributed by atoms with Crippen LogP contribution in [0.3, 0.4) is 0 Å². The highest BCUT2D eigenvalue weighted by molar-refractivity contribution is 5.76. The number of carbonyl (C=O) groups is 1. The van der Waals surface area contributed by atoms with Gasteiger partial charge in [0, 0.05) is 13.5 Å². The van der Waals surface area contributed by atoms with Gasteiger partial charge in [0.15, 0.2) is 0 Å². The molecule has 5 heteroatoms. The van der Waals surface area contributed by atoms with Gasteiger partial charge in [0.2, 0.25) is 11.8 Å². The third kappa shape index (κ3) is 3.18. The van der Waals surface area contributed by atoms with E-state index in [0.29, 0.717) is 12.4 Å². The largest absolute Gasteiger partial charge is 0.444 e. The van der Waals surface area contributed by atoms with Gasteiger partial charge in [-0.2, -0.15) is 0 Å². The fourth-order valence-corrected chi connectivity index (χ4v) is 0.950. The van der Waals surface area contributed by atoms with Crippen LogP contribution in [-0.4, -0.2) is 24.6 Å². The van der Waals surface area contributed by atoms with E-state index in [9.17, 15) is 4.79 Å². The summed E-state index contributed by atoms with van der Waals surface area (Å²) in [6.45, 7) is 2.34. The Morgan fingerprint density at radius 2 is 2.50 bits per heavy atom. The average Bonchev–Trinajstić information content (AvgIpc) is 2.63. The lowest BCUT2D eigenvalue weighted by molar-refractivity contribution is -0.125. The van der Waals surface area contributed by atoms with Gasteiger partial charge in [-0.05, 0) is 0 Å². The molecule has 1 rings (SSSR count). The maximum absolute atomic E-state index is 11.0. The minimum Gasteiger partial charge on any atom is -0.444 e. The number of aromatic nitrogens is 1. The van der Waals surface area contributed by atoms with Crippen LogP contribution in [0.1, 0.15) is 18.6 Å². The Hall–Kier alpha value is -1.36. The molecule has 0 radical (unpaired) electrons. The summed E-state index contributed by atoms with van der Waals surface area (Å²) in [7, 11) is 1.47. The van der Waals surface area contributed by atoms with Gasteiger partial charge in [0.1, 0.15) is 12.4 Å². The van der Waals surface area contributed by atoms with E-state index in [-0.39, 0.29) is 12.5 Å². The van der Waals surface area contributed by atoms with E-state index in [2.05, 4.69) is 15.0 Å². The van der Waals surface area contributed by atoms with Crippen molar-refractivity contribution in [2.45, 2.75) is 19.9 Å². The van der Waals surface area contributed by atoms with Crippen LogP contribution in [0, 0.1) is 0 Å². The molecule has 0 aromatic carbocycles. The van der Waals surface area contributed by atoms with Crippen molar-refractivity contribution in [2.75, 3.05) is 13.7 Å². The first kappa shape index (κ1) is 10.7. The SMILES string of the molecule is CCc1cnc(CNC(=O)COC)o1. The molecule has 0 saturated carbocycles. The van der Waals surface area contributed by atoms with E-state index in [1.807, 2.05) is 6.92 Å². The highest BCUT2D eigenvalue weighted by atomic mass is 16.5. The van der Waals surface area contributed by atoms with Crippen molar-refractivity contribution in [3.8, 4) is 0 Å². The molecule has 78 valence electrons. The van der Waals surface area contributed by atoms with Gasteiger partial charge in [0.05, 0.1) is 12.7 Å². The van der Waals surface area contributed by atoms with Crippen LogP contribution in [0.15, 0.2) is 10.6 Å². The lowest BCUT2D eigenvalue weighted by atomic mass is 10.4. The maximum Gasteiger partial charge on any atom is 0.246 e. The number of hydrogen-bond donors (Lipinski definition) is 1. The number of aryl methyl sites for hydroxylation is 1. The van der Waals surface area contributed by atoms with Crippen molar-refractivity contribution in [3.05, 3.63) is 17.8 Å². The highest BCUT2D eigenvalue weighted by Gasteiger charge is 2.04. The number of oxazole rings is 1. The van der Waals surface area contributed by atoms with Crippen LogP contribution in [0.2, 0.25) is 0 Å². The summed E-state index contributed by atoms with van der Waals surface area (Å²) in [5, 5.41) is 2.62. The molecule has 0 spiro atoms. The molecule has 0 aliphatic rings. The number of hydrogen-bond acceptors (Lipinski definition) is 4. The zero-order valence-corrected chi connectivity index (χ0v) is 8.37. The molecule has 14 heavy (non-hydrogen) atoms. The van der Waals surface area contributed by atoms with Crippen LogP contribution in [0.4, 0.5) is 0 Å². The second-order valence-corrected chi connectivity index (χ2v) is 2.78. The van der Waals surface area contributed by atoms with Crippen molar-refractivity contribution in [3.63, 3.8) is 0 Å². The molecule has 0 aliphatic heterocycles. The molecule has 1 aromatic rings. The predicted octanol–water partition coefficient (Wildman–Crippen LogP) is 0.500. The molecule has 0 unspecified atom stereocenters. The molecule has 5 nitrogen and oxygen atoms in total. The van der Waals surface area contributed by atoms with E-state index in [1.165, 1.54) is 7.11 Å². The molecule has 0 fully saturated rings. The number of nitrogens with zero attached hydrogens (tertiary/aromatic N) is 1. The van der Waals surface area contributed by atoms with Gasteiger partial charge in [-0.1, -0.05) is 6.92 Å². The standard InChI is InChI=1S/C9H14N2O3/c1-3-7-4-11-9(14-7)5-10-8(12)6-13-2/h4H,3,5-6H2,1-2H3,(H,10,12). The molecule has 1 N–H and O–H groups in total. The first-order valence-corrected chi connectivity index (χ1v) is 4.45. The number of rotatable bonds is 5. The zero-order chi connectivity index (χ0) is 10.4. The van der Waals surface area contributed by atoms with Gasteiger partial charge in [0.25, 0.3) is 0 Å². The minimum atomic E-state index is -0.177. The van der Waals surface area contributed by atoms with Crippen LogP contribution in [-0.2, 0) is 22.5 Å². The van der Waals surface area contributed by atoms with Gasteiger partial charge in [-0.3, -0.25) is 4.79 Å². The molecular weight excluding hydrogens is 184 g/mol. The fourth-order valence-electron chi connectivity index (χ4n) is 0.950. The lowest BCUT2D eigenvalue weighted by Crippen LogP contribution is -2.26. The van der Waals surface area contributed by atoms with Crippen molar-refractivity contribution in [1.82, 2.24) is 10.3 Å². The first-order chi connectivity index (χ1) is 6.76. The quantitative estimate of drug-likeness (QED) is 0.748. The van der Waals surface area contributed by atoms with Crippen LogP contribution in [0.5, 0.6) is 0 Å². The van der Waals surface area contributed by atoms with E-state index in [0.717, 1.165) is 12.2 Å². The molecule has 0 aliphatic carbocycles. The van der Waals surface area contributed by atoms with E-state index >= 15 is 0 Å². The lowest BCUT2D eigenvalue weighted by Gasteiger charge is -2.00. The third-order valence-electron chi connectivity index (χ3n) is 1.66. The summed E-state index contributed by atoms with van der Waals surface area (Å²) in [6, 6.07) is 0. The number of carbonyl (C=O) groups excluding carboxylic acids is 1. The van der Waals surface area contributed by atoms with E-state index < -0.39 is 0 Å². The summed E-state index contributed by atoms with van der Waals surface area (Å²) >= 11 is 0. The fraction of sp³-hybridized carbons (Fsp3) is 0.556. The Kier molecular flexibility index (Phi) is 4.12. The number of amides is 1. The molecule has 0 bridgehead atoms. The Morgan fingerprint density at radius 1 is 1.71 bits per heavy atom. The Morgan fingerprint density at radius 3 is 3.07 bits per heavy atom. The molecule has 1 heterocycles. The van der Waals surface area contributed by atoms with Gasteiger partial charge >= 0.3 is 0 Å².